The second kappa shape index (κ2) is 10.6. The van der Waals surface area contributed by atoms with Crippen LogP contribution in [0.2, 0.25) is 0 Å². The van der Waals surface area contributed by atoms with Gasteiger partial charge in [-0.15, -0.1) is 0 Å². The maximum Gasteiger partial charge on any atom is 0.337 e. The normalized spacial score (nSPS) is 19.3. The van der Waals surface area contributed by atoms with Gasteiger partial charge in [0.1, 0.15) is 0 Å². The van der Waals surface area contributed by atoms with Crippen LogP contribution in [-0.2, 0) is 16.1 Å². The molecule has 0 aromatic heterocycles. The van der Waals surface area contributed by atoms with Gasteiger partial charge in [-0.25, -0.2) is 4.79 Å². The van der Waals surface area contributed by atoms with Crippen molar-refractivity contribution >= 4 is 17.6 Å². The minimum atomic E-state index is -0.413. The molecule has 0 spiro atoms. The molecule has 1 aliphatic rings. The van der Waals surface area contributed by atoms with Crippen molar-refractivity contribution in [1.29, 1.82) is 0 Å². The third kappa shape index (κ3) is 6.15. The van der Waals surface area contributed by atoms with Gasteiger partial charge in [-0.1, -0.05) is 43.3 Å². The van der Waals surface area contributed by atoms with E-state index in [0.29, 0.717) is 29.8 Å². The van der Waals surface area contributed by atoms with Crippen LogP contribution in [0.15, 0.2) is 48.5 Å². The van der Waals surface area contributed by atoms with Gasteiger partial charge in [-0.3, -0.25) is 14.6 Å². The summed E-state index contributed by atoms with van der Waals surface area (Å²) in [5.41, 5.74) is 3.32. The lowest BCUT2D eigenvalue weighted by atomic mass is 9.92. The van der Waals surface area contributed by atoms with E-state index in [2.05, 4.69) is 46.3 Å². The van der Waals surface area contributed by atoms with Crippen molar-refractivity contribution in [2.24, 2.45) is 5.92 Å². The van der Waals surface area contributed by atoms with Crippen molar-refractivity contribution in [3.63, 3.8) is 0 Å². The Balaban J connectivity index is 1.54. The third-order valence-electron chi connectivity index (χ3n) is 6.09. The van der Waals surface area contributed by atoms with Gasteiger partial charge in [0.2, 0.25) is 5.91 Å². The lowest BCUT2D eigenvalue weighted by Crippen LogP contribution is -2.50. The van der Waals surface area contributed by atoms with Gasteiger partial charge in [0.25, 0.3) is 0 Å². The fourth-order valence-electron chi connectivity index (χ4n) is 4.39. The van der Waals surface area contributed by atoms with E-state index in [9.17, 15) is 9.59 Å². The minimum absolute atomic E-state index is 0.0773. The Morgan fingerprint density at radius 3 is 2.61 bits per heavy atom. The van der Waals surface area contributed by atoms with Crippen LogP contribution in [0.4, 0.5) is 5.69 Å². The van der Waals surface area contributed by atoms with Gasteiger partial charge in [-0.2, -0.15) is 0 Å². The molecular formula is C25H33N3O3. The monoisotopic (exact) mass is 423 g/mol. The first-order chi connectivity index (χ1) is 14.9. The van der Waals surface area contributed by atoms with Crippen LogP contribution < -0.4 is 5.32 Å². The highest BCUT2D eigenvalue weighted by Gasteiger charge is 2.29. The molecule has 0 saturated carbocycles. The highest BCUT2D eigenvalue weighted by Crippen LogP contribution is 2.23. The molecule has 6 heteroatoms. The van der Waals surface area contributed by atoms with Crippen LogP contribution in [0.25, 0.3) is 0 Å². The summed E-state index contributed by atoms with van der Waals surface area (Å²) in [6.07, 6.45) is 1.04. The summed E-state index contributed by atoms with van der Waals surface area (Å²) in [5, 5.41) is 2.96. The third-order valence-corrected chi connectivity index (χ3v) is 6.09. The molecule has 0 unspecified atom stereocenters. The fourth-order valence-corrected chi connectivity index (χ4v) is 4.39. The van der Waals surface area contributed by atoms with Crippen LogP contribution >= 0.6 is 0 Å². The highest BCUT2D eigenvalue weighted by molar-refractivity contribution is 5.96. The van der Waals surface area contributed by atoms with Crippen molar-refractivity contribution in [1.82, 2.24) is 9.80 Å². The zero-order valence-electron chi connectivity index (χ0n) is 18.9. The summed E-state index contributed by atoms with van der Waals surface area (Å²) < 4.78 is 4.77. The summed E-state index contributed by atoms with van der Waals surface area (Å²) in [6, 6.07) is 16.1. The lowest BCUT2D eigenvalue weighted by Gasteiger charge is -2.41. The molecule has 0 aliphatic carbocycles. The molecule has 1 N–H and O–H groups in total. The number of aryl methyl sites for hydroxylation is 1. The molecule has 2 atom stereocenters. The number of nitrogens with one attached hydrogen (secondary N) is 1. The molecule has 1 amide bonds. The number of esters is 1. The predicted molar refractivity (Wildman–Crippen MR) is 123 cm³/mol. The molecule has 1 aliphatic heterocycles. The SMILES string of the molecule is COC(=O)c1ccc(C)c(NC(=O)CN(C)[C@H]2CCN(Cc3ccccc3)C[C@@H]2C)c1. The zero-order chi connectivity index (χ0) is 22.4. The Morgan fingerprint density at radius 1 is 1.19 bits per heavy atom. The van der Waals surface area contributed by atoms with Gasteiger partial charge >= 0.3 is 5.97 Å². The molecule has 2 aromatic rings. The van der Waals surface area contributed by atoms with E-state index in [4.69, 9.17) is 4.74 Å². The molecule has 1 fully saturated rings. The number of carbonyl (C=O) groups is 2. The summed E-state index contributed by atoms with van der Waals surface area (Å²) in [7, 11) is 3.37. The zero-order valence-corrected chi connectivity index (χ0v) is 18.9. The van der Waals surface area contributed by atoms with Gasteiger partial charge < -0.3 is 10.1 Å². The van der Waals surface area contributed by atoms with Gasteiger partial charge in [0.15, 0.2) is 0 Å². The van der Waals surface area contributed by atoms with Crippen molar-refractivity contribution in [3.05, 3.63) is 65.2 Å². The number of hydrogen-bond acceptors (Lipinski definition) is 5. The van der Waals surface area contributed by atoms with Crippen LogP contribution in [0.5, 0.6) is 0 Å². The first-order valence-corrected chi connectivity index (χ1v) is 10.8. The van der Waals surface area contributed by atoms with E-state index in [1.807, 2.05) is 26.1 Å². The maximum atomic E-state index is 12.7. The predicted octanol–water partition coefficient (Wildman–Crippen LogP) is 3.56. The van der Waals surface area contributed by atoms with Crippen molar-refractivity contribution < 1.29 is 14.3 Å². The minimum Gasteiger partial charge on any atom is -0.465 e. The van der Waals surface area contributed by atoms with E-state index >= 15 is 0 Å². The number of ether oxygens (including phenoxy) is 1. The van der Waals surface area contributed by atoms with E-state index in [0.717, 1.165) is 31.6 Å². The van der Waals surface area contributed by atoms with Crippen molar-refractivity contribution in [2.75, 3.05) is 39.1 Å². The summed E-state index contributed by atoms with van der Waals surface area (Å²) in [6.45, 7) is 7.50. The molecule has 2 aromatic carbocycles. The molecule has 1 saturated heterocycles. The number of piperidine rings is 1. The van der Waals surface area contributed by atoms with Crippen LogP contribution in [-0.4, -0.2) is 61.5 Å². The molecular weight excluding hydrogens is 390 g/mol. The van der Waals surface area contributed by atoms with E-state index < -0.39 is 5.97 Å². The first-order valence-electron chi connectivity index (χ1n) is 10.8. The number of carbonyl (C=O) groups excluding carboxylic acids is 2. The number of rotatable bonds is 7. The molecule has 0 radical (unpaired) electrons. The standard InChI is InChI=1S/C25H33N3O3/c1-18-10-11-21(25(30)31-4)14-22(18)26-24(29)17-27(3)23-12-13-28(15-19(23)2)16-20-8-6-5-7-9-20/h5-11,14,19,23H,12-13,15-17H2,1-4H3,(H,26,29)/t19-,23-/m0/s1. The van der Waals surface area contributed by atoms with Gasteiger partial charge in [0, 0.05) is 24.8 Å². The number of nitrogens with zero attached hydrogens (tertiary/aromatic N) is 2. The number of likely N-dealkylation sites (N-methyl/N-ethyl adjacent to an activating group) is 1. The fraction of sp³-hybridized carbons (Fsp3) is 0.440. The quantitative estimate of drug-likeness (QED) is 0.690. The topological polar surface area (TPSA) is 61.9 Å². The molecule has 3 rings (SSSR count). The highest BCUT2D eigenvalue weighted by atomic mass is 16.5. The smallest absolute Gasteiger partial charge is 0.337 e. The lowest BCUT2D eigenvalue weighted by molar-refractivity contribution is -0.118. The maximum absolute atomic E-state index is 12.7. The molecule has 166 valence electrons. The van der Waals surface area contributed by atoms with E-state index in [-0.39, 0.29) is 5.91 Å². The number of methoxy groups -OCH3 is 1. The Hall–Kier alpha value is -2.70. The Bertz CT molecular complexity index is 900. The summed E-state index contributed by atoms with van der Waals surface area (Å²) in [4.78, 5) is 29.1. The van der Waals surface area contributed by atoms with Crippen molar-refractivity contribution in [2.45, 2.75) is 32.9 Å². The molecule has 1 heterocycles. The van der Waals surface area contributed by atoms with E-state index in [1.165, 1.54) is 12.7 Å². The Morgan fingerprint density at radius 2 is 1.94 bits per heavy atom. The average molecular weight is 424 g/mol. The van der Waals surface area contributed by atoms with Gasteiger partial charge in [0.05, 0.1) is 19.2 Å². The molecule has 0 bridgehead atoms. The molecule has 31 heavy (non-hydrogen) atoms. The number of likely N-dealkylation sites (tertiary alicyclic amines) is 1. The average Bonchev–Trinajstić information content (AvgIpc) is 2.75. The largest absolute Gasteiger partial charge is 0.465 e. The Labute approximate surface area is 185 Å². The number of hydrogen-bond donors (Lipinski definition) is 1. The van der Waals surface area contributed by atoms with E-state index in [1.54, 1.807) is 12.1 Å². The van der Waals surface area contributed by atoms with Gasteiger partial charge in [-0.05, 0) is 56.1 Å². The molecule has 6 nitrogen and oxygen atoms in total. The van der Waals surface area contributed by atoms with Crippen LogP contribution in [0.1, 0.15) is 34.8 Å². The number of benzene rings is 2. The van der Waals surface area contributed by atoms with Crippen LogP contribution in [0, 0.1) is 12.8 Å². The van der Waals surface area contributed by atoms with Crippen molar-refractivity contribution in [3.8, 4) is 0 Å². The second-order valence-corrected chi connectivity index (χ2v) is 8.54. The number of anilines is 1. The van der Waals surface area contributed by atoms with Crippen LogP contribution in [0.3, 0.4) is 0 Å². The Kier molecular flexibility index (Phi) is 7.82. The first kappa shape index (κ1) is 23.0. The summed E-state index contributed by atoms with van der Waals surface area (Å²) >= 11 is 0. The second-order valence-electron chi connectivity index (χ2n) is 8.54. The summed E-state index contributed by atoms with van der Waals surface area (Å²) in [5.74, 6) is -0.0186. The number of amides is 1.